The lowest BCUT2D eigenvalue weighted by atomic mass is 10.2. The third kappa shape index (κ3) is 7.99. The number of nitrogens with one attached hydrogen (secondary N) is 2. The summed E-state index contributed by atoms with van der Waals surface area (Å²) < 4.78 is 52.3. The Hall–Kier alpha value is -2.18. The van der Waals surface area contributed by atoms with Gasteiger partial charge in [0.1, 0.15) is 5.76 Å². The standard InChI is InChI=1S/C18H23F3N4O3.HI/c1-11-12(2)28-16(25-11)9-24-17(22-3)23-8-13-5-6-14(15(7-13)26-4)27-10-18(19,20)21;/h5-7H,8-10H2,1-4H3,(H2,22,23,24);1H. The monoisotopic (exact) mass is 528 g/mol. The molecular weight excluding hydrogens is 504 g/mol. The molecule has 11 heteroatoms. The maximum atomic E-state index is 12.3. The molecule has 162 valence electrons. The van der Waals surface area contributed by atoms with Crippen LogP contribution in [0.5, 0.6) is 11.5 Å². The Labute approximate surface area is 184 Å². The highest BCUT2D eigenvalue weighted by Crippen LogP contribution is 2.29. The number of halogens is 4. The number of rotatable bonds is 7. The molecule has 0 amide bonds. The van der Waals surface area contributed by atoms with Crippen molar-refractivity contribution in [3.8, 4) is 11.5 Å². The van der Waals surface area contributed by atoms with Gasteiger partial charge in [0, 0.05) is 13.6 Å². The minimum atomic E-state index is -4.41. The van der Waals surface area contributed by atoms with Crippen molar-refractivity contribution in [3.05, 3.63) is 41.1 Å². The number of hydrogen-bond donors (Lipinski definition) is 2. The van der Waals surface area contributed by atoms with Crippen LogP contribution in [0, 0.1) is 13.8 Å². The summed E-state index contributed by atoms with van der Waals surface area (Å²) >= 11 is 0. The summed E-state index contributed by atoms with van der Waals surface area (Å²) in [6, 6.07) is 4.69. The Kier molecular flexibility index (Phi) is 9.53. The van der Waals surface area contributed by atoms with Crippen LogP contribution in [0.1, 0.15) is 22.9 Å². The van der Waals surface area contributed by atoms with Gasteiger partial charge in [-0.3, -0.25) is 4.99 Å². The Morgan fingerprint density at radius 2 is 1.86 bits per heavy atom. The van der Waals surface area contributed by atoms with Crippen molar-refractivity contribution < 1.29 is 27.1 Å². The second kappa shape index (κ2) is 11.1. The molecular formula is C18H24F3IN4O3. The summed E-state index contributed by atoms with van der Waals surface area (Å²) in [6.07, 6.45) is -4.41. The van der Waals surface area contributed by atoms with Gasteiger partial charge in [0.15, 0.2) is 24.1 Å². The molecule has 0 aliphatic rings. The van der Waals surface area contributed by atoms with Gasteiger partial charge >= 0.3 is 6.18 Å². The van der Waals surface area contributed by atoms with Crippen molar-refractivity contribution in [2.24, 2.45) is 4.99 Å². The maximum absolute atomic E-state index is 12.3. The number of benzene rings is 1. The van der Waals surface area contributed by atoms with E-state index in [2.05, 4.69) is 20.6 Å². The third-order valence-corrected chi connectivity index (χ3v) is 3.78. The Morgan fingerprint density at radius 1 is 1.17 bits per heavy atom. The van der Waals surface area contributed by atoms with Gasteiger partial charge in [-0.2, -0.15) is 13.2 Å². The summed E-state index contributed by atoms with van der Waals surface area (Å²) in [5.41, 5.74) is 1.61. The molecule has 1 heterocycles. The Balaban J connectivity index is 0.00000420. The predicted molar refractivity (Wildman–Crippen MR) is 113 cm³/mol. The van der Waals surface area contributed by atoms with Crippen molar-refractivity contribution in [2.75, 3.05) is 20.8 Å². The Bertz CT molecular complexity index is 806. The van der Waals surface area contributed by atoms with E-state index in [0.29, 0.717) is 24.9 Å². The van der Waals surface area contributed by atoms with Crippen LogP contribution in [0.25, 0.3) is 0 Å². The second-order valence-electron chi connectivity index (χ2n) is 5.92. The average Bonchev–Trinajstić information content (AvgIpc) is 2.97. The number of methoxy groups -OCH3 is 1. The fourth-order valence-electron chi connectivity index (χ4n) is 2.28. The number of guanidine groups is 1. The fourth-order valence-corrected chi connectivity index (χ4v) is 2.28. The number of aliphatic imine (C=N–C) groups is 1. The minimum Gasteiger partial charge on any atom is -0.493 e. The van der Waals surface area contributed by atoms with Gasteiger partial charge in [0.25, 0.3) is 0 Å². The zero-order chi connectivity index (χ0) is 20.7. The van der Waals surface area contributed by atoms with Crippen LogP contribution in [0.4, 0.5) is 13.2 Å². The van der Waals surface area contributed by atoms with Gasteiger partial charge in [-0.1, -0.05) is 6.07 Å². The van der Waals surface area contributed by atoms with E-state index in [0.717, 1.165) is 17.0 Å². The molecule has 29 heavy (non-hydrogen) atoms. The number of aromatic nitrogens is 1. The average molecular weight is 528 g/mol. The smallest absolute Gasteiger partial charge is 0.422 e. The number of nitrogens with zero attached hydrogens (tertiary/aromatic N) is 2. The molecule has 0 saturated heterocycles. The highest BCUT2D eigenvalue weighted by Gasteiger charge is 2.29. The zero-order valence-corrected chi connectivity index (χ0v) is 18.8. The first-order valence-electron chi connectivity index (χ1n) is 8.45. The van der Waals surface area contributed by atoms with Gasteiger partial charge in [-0.15, -0.1) is 24.0 Å². The van der Waals surface area contributed by atoms with Crippen molar-refractivity contribution >= 4 is 29.9 Å². The van der Waals surface area contributed by atoms with Crippen molar-refractivity contribution in [1.82, 2.24) is 15.6 Å². The molecule has 2 rings (SSSR count). The lowest BCUT2D eigenvalue weighted by Crippen LogP contribution is -2.36. The van der Waals surface area contributed by atoms with Gasteiger partial charge in [0.2, 0.25) is 5.89 Å². The molecule has 0 fully saturated rings. The quantitative estimate of drug-likeness (QED) is 0.324. The predicted octanol–water partition coefficient (Wildman–Crippen LogP) is 3.72. The van der Waals surface area contributed by atoms with Crippen LogP contribution in [-0.4, -0.2) is 37.9 Å². The van der Waals surface area contributed by atoms with E-state index in [4.69, 9.17) is 13.9 Å². The van der Waals surface area contributed by atoms with E-state index in [1.165, 1.54) is 13.2 Å². The maximum Gasteiger partial charge on any atom is 0.422 e. The topological polar surface area (TPSA) is 80.9 Å². The van der Waals surface area contributed by atoms with Crippen molar-refractivity contribution in [1.29, 1.82) is 0 Å². The van der Waals surface area contributed by atoms with Crippen LogP contribution >= 0.6 is 24.0 Å². The van der Waals surface area contributed by atoms with Crippen molar-refractivity contribution in [2.45, 2.75) is 33.1 Å². The van der Waals surface area contributed by atoms with E-state index in [9.17, 15) is 13.2 Å². The van der Waals surface area contributed by atoms with Gasteiger partial charge in [0.05, 0.1) is 19.3 Å². The summed E-state index contributed by atoms with van der Waals surface area (Å²) in [6.45, 7) is 3.07. The van der Waals surface area contributed by atoms with Crippen LogP contribution in [0.2, 0.25) is 0 Å². The molecule has 0 radical (unpaired) electrons. The molecule has 2 N–H and O–H groups in total. The zero-order valence-electron chi connectivity index (χ0n) is 16.5. The highest BCUT2D eigenvalue weighted by atomic mass is 127. The SMILES string of the molecule is CN=C(NCc1ccc(OCC(F)(F)F)c(OC)c1)NCc1nc(C)c(C)o1.I. The molecule has 0 aliphatic carbocycles. The molecule has 0 spiro atoms. The van der Waals surface area contributed by atoms with E-state index in [-0.39, 0.29) is 35.5 Å². The summed E-state index contributed by atoms with van der Waals surface area (Å²) in [5, 5.41) is 6.17. The largest absolute Gasteiger partial charge is 0.493 e. The van der Waals surface area contributed by atoms with Crippen LogP contribution in [0.15, 0.2) is 27.6 Å². The molecule has 1 aromatic heterocycles. The Morgan fingerprint density at radius 3 is 2.41 bits per heavy atom. The molecule has 0 atom stereocenters. The minimum absolute atomic E-state index is 0. The molecule has 0 saturated carbocycles. The molecule has 0 unspecified atom stereocenters. The highest BCUT2D eigenvalue weighted by molar-refractivity contribution is 14.0. The van der Waals surface area contributed by atoms with E-state index < -0.39 is 12.8 Å². The number of alkyl halides is 3. The second-order valence-corrected chi connectivity index (χ2v) is 5.92. The fraction of sp³-hybridized carbons (Fsp3) is 0.444. The number of aryl methyl sites for hydroxylation is 2. The normalized spacial score (nSPS) is 11.6. The molecule has 1 aromatic carbocycles. The van der Waals surface area contributed by atoms with Gasteiger partial charge in [-0.25, -0.2) is 4.98 Å². The van der Waals surface area contributed by atoms with E-state index >= 15 is 0 Å². The van der Waals surface area contributed by atoms with E-state index in [1.54, 1.807) is 19.2 Å². The van der Waals surface area contributed by atoms with Crippen molar-refractivity contribution in [3.63, 3.8) is 0 Å². The lowest BCUT2D eigenvalue weighted by Gasteiger charge is -2.15. The number of oxazole rings is 1. The molecule has 0 bridgehead atoms. The van der Waals surface area contributed by atoms with E-state index in [1.807, 2.05) is 13.8 Å². The third-order valence-electron chi connectivity index (χ3n) is 3.78. The van der Waals surface area contributed by atoms with Crippen LogP contribution in [-0.2, 0) is 13.1 Å². The number of ether oxygens (including phenoxy) is 2. The first-order chi connectivity index (χ1) is 13.2. The van der Waals surface area contributed by atoms with Crippen LogP contribution < -0.4 is 20.1 Å². The first-order valence-corrected chi connectivity index (χ1v) is 8.45. The summed E-state index contributed by atoms with van der Waals surface area (Å²) in [5.74, 6) is 2.08. The first kappa shape index (κ1) is 24.9. The van der Waals surface area contributed by atoms with Gasteiger partial charge < -0.3 is 24.5 Å². The van der Waals surface area contributed by atoms with Crippen LogP contribution in [0.3, 0.4) is 0 Å². The van der Waals surface area contributed by atoms with Gasteiger partial charge in [-0.05, 0) is 31.5 Å². The number of hydrogen-bond acceptors (Lipinski definition) is 5. The summed E-state index contributed by atoms with van der Waals surface area (Å²) in [4.78, 5) is 8.39. The molecule has 2 aromatic rings. The molecule has 0 aliphatic heterocycles. The molecule has 7 nitrogen and oxygen atoms in total. The lowest BCUT2D eigenvalue weighted by molar-refractivity contribution is -0.153. The summed E-state index contributed by atoms with van der Waals surface area (Å²) in [7, 11) is 2.99.